The van der Waals surface area contributed by atoms with Gasteiger partial charge in [-0.3, -0.25) is 5.73 Å². The first-order valence-electron chi connectivity index (χ1n) is 13.1. The highest BCUT2D eigenvalue weighted by atomic mass is 15.2. The molecule has 0 unspecified atom stereocenters. The Morgan fingerprint density at radius 3 is 1.57 bits per heavy atom. The second-order valence-corrected chi connectivity index (χ2v) is 9.26. The highest BCUT2D eigenvalue weighted by Gasteiger charge is 2.01. The number of hydrogen-bond acceptors (Lipinski definition) is 7. The number of benzene rings is 3. The molecule has 12 N–H and O–H groups in total. The van der Waals surface area contributed by atoms with Gasteiger partial charge in [0.15, 0.2) is 0 Å². The summed E-state index contributed by atoms with van der Waals surface area (Å²) in [6, 6.07) is 24.1. The van der Waals surface area contributed by atoms with E-state index in [4.69, 9.17) is 22.9 Å². The van der Waals surface area contributed by atoms with Crippen molar-refractivity contribution in [1.82, 2.24) is 9.47 Å². The van der Waals surface area contributed by atoms with Gasteiger partial charge in [-0.15, -0.1) is 0 Å². The number of nitrogens with zero attached hydrogens (tertiary/aromatic N) is 3. The zero-order valence-electron chi connectivity index (χ0n) is 24.1. The van der Waals surface area contributed by atoms with Gasteiger partial charge in [0.05, 0.1) is 46.4 Å². The Kier molecular flexibility index (Phi) is 13.4. The maximum atomic E-state index is 5.69. The third kappa shape index (κ3) is 11.8. The number of imidazole rings is 1. The molecule has 10 nitrogen and oxygen atoms in total. The lowest BCUT2D eigenvalue weighted by atomic mass is 10.1. The Morgan fingerprint density at radius 2 is 1.27 bits per heavy atom. The Balaban J connectivity index is 0.000000286. The van der Waals surface area contributed by atoms with Crippen molar-refractivity contribution in [1.29, 1.82) is 0 Å². The summed E-state index contributed by atoms with van der Waals surface area (Å²) in [5.41, 5.74) is 28.3. The standard InChI is InChI=1S/C20H22N4.C5H9N3.C5H13N3/c21-17-5-9-19(10-6-17)23-13-15-1-2-16(4-3-15)14-24-20-11-7-18(22)8-12-20;1-7-3-4-8(2)5(7)6;1-7-3-4-8(2)5-6/h1-12,23-24H,13-14,21-22H2;3-4,6H,1-2H3;3-4,7H,5-6H2,1-2H3/p+2/b;;4-3-. The Morgan fingerprint density at radius 1 is 0.825 bits per heavy atom. The molecule has 4 aromatic rings. The predicted molar refractivity (Wildman–Crippen MR) is 168 cm³/mol. The molecule has 1 aromatic heterocycles. The minimum Gasteiger partial charge on any atom is -0.399 e. The average Bonchev–Trinajstić information content (AvgIpc) is 3.27. The zero-order valence-corrected chi connectivity index (χ0v) is 24.1. The fourth-order valence-corrected chi connectivity index (χ4v) is 3.28. The lowest BCUT2D eigenvalue weighted by Crippen LogP contribution is -2.72. The van der Waals surface area contributed by atoms with E-state index in [1.165, 1.54) is 11.1 Å². The highest BCUT2D eigenvalue weighted by molar-refractivity contribution is 5.52. The maximum Gasteiger partial charge on any atom is 0.354 e. The van der Waals surface area contributed by atoms with Gasteiger partial charge in [-0.25, -0.2) is 9.13 Å². The summed E-state index contributed by atoms with van der Waals surface area (Å²) < 4.78 is 3.72. The van der Waals surface area contributed by atoms with E-state index in [0.29, 0.717) is 6.67 Å². The van der Waals surface area contributed by atoms with Crippen LogP contribution >= 0.6 is 0 Å². The van der Waals surface area contributed by atoms with E-state index in [-0.39, 0.29) is 0 Å². The van der Waals surface area contributed by atoms with Crippen LogP contribution in [-0.2, 0) is 27.2 Å². The van der Waals surface area contributed by atoms with Crippen LogP contribution < -0.4 is 43.5 Å². The van der Waals surface area contributed by atoms with Crippen LogP contribution in [0.4, 0.5) is 28.7 Å². The van der Waals surface area contributed by atoms with E-state index < -0.39 is 0 Å². The third-order valence-electron chi connectivity index (χ3n) is 5.90. The van der Waals surface area contributed by atoms with Crippen LogP contribution in [0.15, 0.2) is 97.6 Å². The summed E-state index contributed by atoms with van der Waals surface area (Å²) >= 11 is 0. The molecule has 0 saturated heterocycles. The first-order valence-corrected chi connectivity index (χ1v) is 13.1. The van der Waals surface area contributed by atoms with E-state index in [1.807, 2.05) is 121 Å². The molecule has 0 aliphatic heterocycles. The molecule has 0 bridgehead atoms. The van der Waals surface area contributed by atoms with Crippen LogP contribution in [0.3, 0.4) is 0 Å². The Hall–Kier alpha value is -4.67. The molecule has 3 aromatic carbocycles. The van der Waals surface area contributed by atoms with Gasteiger partial charge in [0.1, 0.15) is 6.20 Å². The fraction of sp³-hybridized carbons (Fsp3) is 0.233. The van der Waals surface area contributed by atoms with Gasteiger partial charge in [0.2, 0.25) is 0 Å². The van der Waals surface area contributed by atoms with E-state index in [0.717, 1.165) is 41.8 Å². The number of anilines is 5. The lowest BCUT2D eigenvalue weighted by Gasteiger charge is -2.09. The summed E-state index contributed by atoms with van der Waals surface area (Å²) in [5, 5.41) is 8.74. The molecule has 10 heteroatoms. The van der Waals surface area contributed by atoms with Gasteiger partial charge in [0.25, 0.3) is 0 Å². The predicted octanol–water partition coefficient (Wildman–Crippen LogP) is 2.01. The van der Waals surface area contributed by atoms with Crippen molar-refractivity contribution in [3.8, 4) is 0 Å². The van der Waals surface area contributed by atoms with Crippen molar-refractivity contribution in [2.45, 2.75) is 13.1 Å². The second kappa shape index (κ2) is 17.0. The molecule has 40 heavy (non-hydrogen) atoms. The van der Waals surface area contributed by atoms with Crippen LogP contribution in [0.25, 0.3) is 0 Å². The Bertz CT molecular complexity index is 1180. The van der Waals surface area contributed by atoms with Crippen LogP contribution in [0.1, 0.15) is 11.1 Å². The molecule has 0 spiro atoms. The summed E-state index contributed by atoms with van der Waals surface area (Å²) in [7, 11) is 7.73. The quantitative estimate of drug-likeness (QED) is 0.0961. The molecular weight excluding hydrogens is 500 g/mol. The number of nitrogen functional groups attached to an aromatic ring is 3. The number of nitrogens with two attached hydrogens (primary N) is 5. The summed E-state index contributed by atoms with van der Waals surface area (Å²) in [4.78, 5) is 1.90. The van der Waals surface area contributed by atoms with Crippen molar-refractivity contribution < 1.29 is 9.88 Å². The van der Waals surface area contributed by atoms with Gasteiger partial charge < -0.3 is 38.1 Å². The second-order valence-electron chi connectivity index (χ2n) is 9.26. The van der Waals surface area contributed by atoms with E-state index in [2.05, 4.69) is 34.9 Å². The monoisotopic (exact) mass is 546 g/mol. The molecule has 0 aliphatic rings. The van der Waals surface area contributed by atoms with Crippen LogP contribution in [-0.4, -0.2) is 30.2 Å². The first kappa shape index (κ1) is 31.5. The van der Waals surface area contributed by atoms with Crippen molar-refractivity contribution in [2.24, 2.45) is 19.8 Å². The number of nitrogens with one attached hydrogen (secondary N) is 2. The third-order valence-corrected chi connectivity index (χ3v) is 5.90. The molecule has 0 amide bonds. The van der Waals surface area contributed by atoms with Crippen molar-refractivity contribution >= 4 is 28.7 Å². The van der Waals surface area contributed by atoms with E-state index >= 15 is 0 Å². The van der Waals surface area contributed by atoms with Gasteiger partial charge in [-0.05, 0) is 59.7 Å². The van der Waals surface area contributed by atoms with Crippen LogP contribution in [0.5, 0.6) is 0 Å². The van der Waals surface area contributed by atoms with Crippen LogP contribution in [0, 0.1) is 0 Å². The number of aryl methyl sites for hydroxylation is 2. The average molecular weight is 547 g/mol. The lowest BCUT2D eigenvalue weighted by molar-refractivity contribution is -0.655. The molecule has 0 aliphatic carbocycles. The molecule has 0 saturated carbocycles. The van der Waals surface area contributed by atoms with Crippen molar-refractivity contribution in [3.05, 3.63) is 109 Å². The first-order chi connectivity index (χ1) is 19.2. The summed E-state index contributed by atoms with van der Waals surface area (Å²) in [5.74, 6) is 0.769. The van der Waals surface area contributed by atoms with Gasteiger partial charge >= 0.3 is 5.95 Å². The maximum absolute atomic E-state index is 5.69. The molecule has 1 heterocycles. The molecule has 4 rings (SSSR count). The highest BCUT2D eigenvalue weighted by Crippen LogP contribution is 2.14. The summed E-state index contributed by atoms with van der Waals surface area (Å²) in [6.07, 6.45) is 7.71. The normalized spacial score (nSPS) is 10.2. The minimum absolute atomic E-state index is 0.574. The molecule has 0 fully saturated rings. The van der Waals surface area contributed by atoms with E-state index in [1.54, 1.807) is 0 Å². The fourth-order valence-electron chi connectivity index (χ4n) is 3.28. The smallest absolute Gasteiger partial charge is 0.354 e. The SMILES string of the molecule is C[NH2+]/C=C\N(C)CN.Cn1cc[n+](C)c1N.Nc1ccc(NCc2ccc(CNc3ccc(N)cc3)cc2)cc1. The Labute approximate surface area is 238 Å². The number of quaternary nitrogens is 1. The van der Waals surface area contributed by atoms with Gasteiger partial charge in [-0.2, -0.15) is 0 Å². The topological polar surface area (TPSA) is 157 Å². The molecular formula is C30H46N10+2. The number of aromatic nitrogens is 2. The largest absolute Gasteiger partial charge is 0.399 e. The van der Waals surface area contributed by atoms with Crippen molar-refractivity contribution in [2.75, 3.05) is 48.6 Å². The molecule has 214 valence electrons. The minimum atomic E-state index is 0.574. The van der Waals surface area contributed by atoms with E-state index in [9.17, 15) is 0 Å². The number of hydrogen-bond donors (Lipinski definition) is 7. The van der Waals surface area contributed by atoms with Gasteiger partial charge in [0, 0.05) is 42.9 Å². The van der Waals surface area contributed by atoms with Gasteiger partial charge in [-0.1, -0.05) is 24.3 Å². The molecule has 0 atom stereocenters. The number of rotatable bonds is 9. The molecule has 0 radical (unpaired) electrons. The zero-order chi connectivity index (χ0) is 29.3. The van der Waals surface area contributed by atoms with Crippen molar-refractivity contribution in [3.63, 3.8) is 0 Å². The summed E-state index contributed by atoms with van der Waals surface area (Å²) in [6.45, 7) is 2.15. The van der Waals surface area contributed by atoms with Crippen LogP contribution in [0.2, 0.25) is 0 Å².